The van der Waals surface area contributed by atoms with E-state index in [1.807, 2.05) is 0 Å². The van der Waals surface area contributed by atoms with Gasteiger partial charge in [-0.25, -0.2) is 4.98 Å². The first-order chi connectivity index (χ1) is 7.66. The van der Waals surface area contributed by atoms with Crippen LogP contribution in [0, 0.1) is 0 Å². The summed E-state index contributed by atoms with van der Waals surface area (Å²) in [6, 6.07) is 6.48. The average molecular weight is 322 g/mol. The molecule has 2 aromatic rings. The number of alkyl halides is 2. The Balaban J connectivity index is 0.00000144. The average Bonchev–Trinajstić information content (AvgIpc) is 2.65. The Morgan fingerprint density at radius 1 is 1.29 bits per heavy atom. The fourth-order valence-electron chi connectivity index (χ4n) is 1.29. The number of ether oxygens (including phenoxy) is 1. The molecule has 3 nitrogen and oxygen atoms in total. The molecule has 0 aliphatic rings. The molecule has 1 heterocycles. The maximum Gasteiger partial charge on any atom is 0.387 e. The van der Waals surface area contributed by atoms with Gasteiger partial charge in [0.1, 0.15) is 5.75 Å². The third kappa shape index (κ3) is 3.37. The van der Waals surface area contributed by atoms with Gasteiger partial charge in [-0.3, -0.25) is 0 Å². The number of para-hydroxylation sites is 1. The van der Waals surface area contributed by atoms with E-state index >= 15 is 0 Å². The van der Waals surface area contributed by atoms with E-state index in [0.717, 1.165) is 0 Å². The van der Waals surface area contributed by atoms with Crippen molar-refractivity contribution in [2.45, 2.75) is 6.61 Å². The van der Waals surface area contributed by atoms with Crippen molar-refractivity contribution in [1.29, 1.82) is 0 Å². The van der Waals surface area contributed by atoms with Crippen molar-refractivity contribution >= 4 is 16.5 Å². The number of halogens is 3. The van der Waals surface area contributed by atoms with Gasteiger partial charge in [0.25, 0.3) is 0 Å². The van der Waals surface area contributed by atoms with Gasteiger partial charge in [-0.1, -0.05) is 12.1 Å². The quantitative estimate of drug-likeness (QED) is 0.865. The van der Waals surface area contributed by atoms with E-state index in [9.17, 15) is 8.78 Å². The molecule has 2 N–H and O–H groups in total. The third-order valence-electron chi connectivity index (χ3n) is 1.90. The van der Waals surface area contributed by atoms with Gasteiger partial charge in [0.05, 0.1) is 5.69 Å². The maximum atomic E-state index is 12.2. The predicted molar refractivity (Wildman–Crippen MR) is 58.6 cm³/mol. The van der Waals surface area contributed by atoms with Crippen LogP contribution in [0.2, 0.25) is 0 Å². The molecule has 92 valence electrons. The number of thiazole rings is 1. The summed E-state index contributed by atoms with van der Waals surface area (Å²) in [6.45, 7) is -2.85. The van der Waals surface area contributed by atoms with Gasteiger partial charge >= 0.3 is 6.61 Å². The van der Waals surface area contributed by atoms with Crippen molar-refractivity contribution < 1.29 is 30.5 Å². The number of hydrogen-bond donors (Lipinski definition) is 1. The third-order valence-corrected chi connectivity index (χ3v) is 2.57. The first kappa shape index (κ1) is 13.9. The molecule has 0 saturated carbocycles. The van der Waals surface area contributed by atoms with E-state index in [1.165, 1.54) is 17.4 Å². The van der Waals surface area contributed by atoms with Crippen LogP contribution in [0.15, 0.2) is 29.6 Å². The minimum Gasteiger partial charge on any atom is -1.00 e. The molecule has 1 aromatic heterocycles. The summed E-state index contributed by atoms with van der Waals surface area (Å²) in [6.07, 6.45) is 0. The summed E-state index contributed by atoms with van der Waals surface area (Å²) in [5, 5.41) is 2.09. The van der Waals surface area contributed by atoms with E-state index in [0.29, 0.717) is 16.4 Å². The van der Waals surface area contributed by atoms with Crippen molar-refractivity contribution in [1.82, 2.24) is 4.98 Å². The second-order valence-corrected chi connectivity index (χ2v) is 3.84. The summed E-state index contributed by atoms with van der Waals surface area (Å²) in [5.41, 5.74) is 6.54. The Kier molecular flexibility index (Phi) is 4.83. The number of hydrogen-bond acceptors (Lipinski definition) is 4. The highest BCUT2D eigenvalue weighted by molar-refractivity contribution is 7.13. The van der Waals surface area contributed by atoms with Crippen LogP contribution in [0.25, 0.3) is 11.3 Å². The lowest BCUT2D eigenvalue weighted by Crippen LogP contribution is -3.00. The Morgan fingerprint density at radius 2 is 2.00 bits per heavy atom. The van der Waals surface area contributed by atoms with Gasteiger partial charge in [0.15, 0.2) is 5.13 Å². The number of nitrogens with two attached hydrogens (primary N) is 1. The molecule has 0 fully saturated rings. The van der Waals surface area contributed by atoms with Crippen molar-refractivity contribution in [3.05, 3.63) is 29.6 Å². The van der Waals surface area contributed by atoms with E-state index in [2.05, 4.69) is 9.72 Å². The molecular formula is C10H8BrF2N2OS-. The number of rotatable bonds is 3. The van der Waals surface area contributed by atoms with Crippen LogP contribution in [0.4, 0.5) is 13.9 Å². The predicted octanol–water partition coefficient (Wildman–Crippen LogP) is -0.00230. The lowest BCUT2D eigenvalue weighted by atomic mass is 10.1. The zero-order valence-electron chi connectivity index (χ0n) is 8.44. The van der Waals surface area contributed by atoms with Gasteiger partial charge in [-0.2, -0.15) is 8.78 Å². The molecule has 0 amide bonds. The first-order valence-electron chi connectivity index (χ1n) is 4.42. The summed E-state index contributed by atoms with van der Waals surface area (Å²) in [5.74, 6) is 0.0998. The maximum absolute atomic E-state index is 12.2. The van der Waals surface area contributed by atoms with Crippen LogP contribution in [0.1, 0.15) is 0 Å². The zero-order valence-corrected chi connectivity index (χ0v) is 10.8. The second-order valence-electron chi connectivity index (χ2n) is 2.95. The fourth-order valence-corrected chi connectivity index (χ4v) is 1.85. The number of anilines is 1. The molecular weight excluding hydrogens is 314 g/mol. The highest BCUT2D eigenvalue weighted by Crippen LogP contribution is 2.32. The summed E-state index contributed by atoms with van der Waals surface area (Å²) in [7, 11) is 0. The lowest BCUT2D eigenvalue weighted by molar-refractivity contribution is -0.0494. The zero-order chi connectivity index (χ0) is 11.5. The smallest absolute Gasteiger partial charge is 0.387 e. The molecule has 7 heteroatoms. The van der Waals surface area contributed by atoms with Crippen LogP contribution in [-0.2, 0) is 0 Å². The van der Waals surface area contributed by atoms with E-state index in [-0.39, 0.29) is 22.7 Å². The molecule has 0 spiro atoms. The standard InChI is InChI=1S/C10H8F2N2OS.BrH/c11-9(12)15-8-4-2-1-3-6(8)7-5-16-10(13)14-7;/h1-5,9H,(H2,13,14);1H/p-1. The molecule has 1 aromatic carbocycles. The lowest BCUT2D eigenvalue weighted by Gasteiger charge is -2.08. The van der Waals surface area contributed by atoms with Gasteiger partial charge < -0.3 is 27.5 Å². The van der Waals surface area contributed by atoms with E-state index in [1.54, 1.807) is 23.6 Å². The Morgan fingerprint density at radius 3 is 2.59 bits per heavy atom. The molecule has 0 saturated heterocycles. The largest absolute Gasteiger partial charge is 1.00 e. The monoisotopic (exact) mass is 321 g/mol. The fraction of sp³-hybridized carbons (Fsp3) is 0.100. The van der Waals surface area contributed by atoms with Gasteiger partial charge in [-0.15, -0.1) is 11.3 Å². The summed E-state index contributed by atoms with van der Waals surface area (Å²) in [4.78, 5) is 4.02. The molecule has 0 aliphatic heterocycles. The molecule has 0 atom stereocenters. The van der Waals surface area contributed by atoms with Gasteiger partial charge in [0.2, 0.25) is 0 Å². The Bertz CT molecular complexity index is 493. The molecule has 0 unspecified atom stereocenters. The summed E-state index contributed by atoms with van der Waals surface area (Å²) < 4.78 is 28.7. The van der Waals surface area contributed by atoms with Crippen LogP contribution >= 0.6 is 11.3 Å². The molecule has 0 aliphatic carbocycles. The van der Waals surface area contributed by atoms with E-state index < -0.39 is 6.61 Å². The van der Waals surface area contributed by atoms with Crippen LogP contribution in [0.5, 0.6) is 5.75 Å². The highest BCUT2D eigenvalue weighted by Gasteiger charge is 2.12. The topological polar surface area (TPSA) is 48.1 Å². The van der Waals surface area contributed by atoms with Crippen molar-refractivity contribution in [3.8, 4) is 17.0 Å². The van der Waals surface area contributed by atoms with Gasteiger partial charge in [-0.05, 0) is 12.1 Å². The minimum atomic E-state index is -2.85. The van der Waals surface area contributed by atoms with Crippen LogP contribution in [0.3, 0.4) is 0 Å². The van der Waals surface area contributed by atoms with Crippen molar-refractivity contribution in [3.63, 3.8) is 0 Å². The highest BCUT2D eigenvalue weighted by atomic mass is 79.9. The Hall–Kier alpha value is -1.21. The number of aromatic nitrogens is 1. The van der Waals surface area contributed by atoms with Crippen molar-refractivity contribution in [2.24, 2.45) is 0 Å². The summed E-state index contributed by atoms with van der Waals surface area (Å²) >= 11 is 1.25. The molecule has 17 heavy (non-hydrogen) atoms. The Labute approximate surface area is 111 Å². The second kappa shape index (κ2) is 5.92. The minimum absolute atomic E-state index is 0. The van der Waals surface area contributed by atoms with Crippen LogP contribution < -0.4 is 27.5 Å². The first-order valence-corrected chi connectivity index (χ1v) is 5.30. The number of benzene rings is 1. The SMILES string of the molecule is Nc1nc(-c2ccccc2OC(F)F)cs1.[Br-]. The number of nitrogen functional groups attached to an aromatic ring is 1. The number of nitrogens with zero attached hydrogens (tertiary/aromatic N) is 1. The van der Waals surface area contributed by atoms with Gasteiger partial charge in [0, 0.05) is 10.9 Å². The molecule has 0 bridgehead atoms. The molecule has 0 radical (unpaired) electrons. The van der Waals surface area contributed by atoms with Crippen LogP contribution in [-0.4, -0.2) is 11.6 Å². The normalized spacial score (nSPS) is 10.1. The molecule has 2 rings (SSSR count). The van der Waals surface area contributed by atoms with Crippen molar-refractivity contribution in [2.75, 3.05) is 5.73 Å². The van der Waals surface area contributed by atoms with E-state index in [4.69, 9.17) is 5.73 Å².